The van der Waals surface area contributed by atoms with Gasteiger partial charge in [-0.3, -0.25) is 4.79 Å². The van der Waals surface area contributed by atoms with E-state index in [0.29, 0.717) is 12.6 Å². The van der Waals surface area contributed by atoms with E-state index in [-0.39, 0.29) is 12.3 Å². The van der Waals surface area contributed by atoms with E-state index in [1.807, 2.05) is 4.57 Å². The van der Waals surface area contributed by atoms with Crippen molar-refractivity contribution in [3.63, 3.8) is 0 Å². The predicted molar refractivity (Wildman–Crippen MR) is 72.8 cm³/mol. The number of aromatic nitrogens is 3. The summed E-state index contributed by atoms with van der Waals surface area (Å²) in [6.07, 6.45) is 8.92. The molecule has 6 nitrogen and oxygen atoms in total. The van der Waals surface area contributed by atoms with Gasteiger partial charge in [-0.05, 0) is 25.7 Å². The zero-order valence-electron chi connectivity index (χ0n) is 11.7. The third-order valence-electron chi connectivity index (χ3n) is 4.31. The van der Waals surface area contributed by atoms with Gasteiger partial charge < -0.3 is 15.0 Å². The number of hydrogen-bond acceptors (Lipinski definition) is 4. The lowest BCUT2D eigenvalue weighted by atomic mass is 9.82. The Morgan fingerprint density at radius 1 is 1.40 bits per heavy atom. The highest BCUT2D eigenvalue weighted by Crippen LogP contribution is 2.35. The van der Waals surface area contributed by atoms with Crippen molar-refractivity contribution in [2.24, 2.45) is 0 Å². The molecule has 2 aliphatic carbocycles. The lowest BCUT2D eigenvalue weighted by Crippen LogP contribution is -2.38. The van der Waals surface area contributed by atoms with Crippen LogP contribution in [0.1, 0.15) is 63.2 Å². The lowest BCUT2D eigenvalue weighted by Gasteiger charge is -2.31. The Labute approximate surface area is 118 Å². The zero-order chi connectivity index (χ0) is 14.0. The van der Waals surface area contributed by atoms with E-state index >= 15 is 0 Å². The molecule has 0 saturated heterocycles. The van der Waals surface area contributed by atoms with Crippen LogP contribution in [0.4, 0.5) is 0 Å². The van der Waals surface area contributed by atoms with Crippen LogP contribution >= 0.6 is 0 Å². The molecule has 0 bridgehead atoms. The third kappa shape index (κ3) is 3.17. The SMILES string of the molecule is O=C(CC1(O)CCCCC1)NCc1nncn1C1CC1. The van der Waals surface area contributed by atoms with Gasteiger partial charge in [0.2, 0.25) is 5.91 Å². The van der Waals surface area contributed by atoms with Crippen LogP contribution in [0.25, 0.3) is 0 Å². The summed E-state index contributed by atoms with van der Waals surface area (Å²) < 4.78 is 2.04. The van der Waals surface area contributed by atoms with Crippen molar-refractivity contribution < 1.29 is 9.90 Å². The Kier molecular flexibility index (Phi) is 3.74. The van der Waals surface area contributed by atoms with Crippen molar-refractivity contribution in [2.75, 3.05) is 0 Å². The summed E-state index contributed by atoms with van der Waals surface area (Å²) in [5.74, 6) is 0.705. The molecule has 0 unspecified atom stereocenters. The van der Waals surface area contributed by atoms with Crippen LogP contribution in [-0.4, -0.2) is 31.4 Å². The normalized spacial score (nSPS) is 21.6. The molecule has 2 N–H and O–H groups in total. The maximum absolute atomic E-state index is 12.0. The minimum atomic E-state index is -0.799. The first-order chi connectivity index (χ1) is 9.66. The van der Waals surface area contributed by atoms with Gasteiger partial charge in [0, 0.05) is 6.04 Å². The van der Waals surface area contributed by atoms with E-state index in [2.05, 4.69) is 15.5 Å². The van der Waals surface area contributed by atoms with E-state index < -0.39 is 5.60 Å². The second-order valence-corrected chi connectivity index (χ2v) is 6.12. The van der Waals surface area contributed by atoms with Gasteiger partial charge >= 0.3 is 0 Å². The standard InChI is InChI=1S/C14H22N4O2/c19-13(8-14(20)6-2-1-3-7-14)15-9-12-17-16-10-18(12)11-4-5-11/h10-11,20H,1-9H2,(H,15,19). The van der Waals surface area contributed by atoms with Crippen LogP contribution in [0.5, 0.6) is 0 Å². The molecule has 0 radical (unpaired) electrons. The van der Waals surface area contributed by atoms with Gasteiger partial charge in [-0.25, -0.2) is 0 Å². The van der Waals surface area contributed by atoms with Gasteiger partial charge in [0.1, 0.15) is 6.33 Å². The molecule has 6 heteroatoms. The van der Waals surface area contributed by atoms with E-state index in [1.165, 1.54) is 12.8 Å². The Bertz CT molecular complexity index is 475. The van der Waals surface area contributed by atoms with Crippen molar-refractivity contribution in [2.45, 2.75) is 69.6 Å². The van der Waals surface area contributed by atoms with Gasteiger partial charge in [-0.1, -0.05) is 19.3 Å². The maximum atomic E-state index is 12.0. The molecule has 1 aromatic heterocycles. The second-order valence-electron chi connectivity index (χ2n) is 6.12. The summed E-state index contributed by atoms with van der Waals surface area (Å²) in [5.41, 5.74) is -0.799. The highest BCUT2D eigenvalue weighted by molar-refractivity contribution is 5.76. The first-order valence-electron chi connectivity index (χ1n) is 7.54. The molecule has 2 saturated carbocycles. The van der Waals surface area contributed by atoms with Gasteiger partial charge in [-0.2, -0.15) is 0 Å². The van der Waals surface area contributed by atoms with Crippen molar-refractivity contribution >= 4 is 5.91 Å². The van der Waals surface area contributed by atoms with E-state index in [9.17, 15) is 9.90 Å². The number of aliphatic hydroxyl groups is 1. The Hall–Kier alpha value is -1.43. The summed E-state index contributed by atoms with van der Waals surface area (Å²) in [6.45, 7) is 0.394. The maximum Gasteiger partial charge on any atom is 0.223 e. The minimum Gasteiger partial charge on any atom is -0.389 e. The molecule has 0 aromatic carbocycles. The Morgan fingerprint density at radius 3 is 2.85 bits per heavy atom. The highest BCUT2D eigenvalue weighted by atomic mass is 16.3. The number of hydrogen-bond donors (Lipinski definition) is 2. The summed E-state index contributed by atoms with van der Waals surface area (Å²) in [4.78, 5) is 12.0. The average molecular weight is 278 g/mol. The molecule has 1 heterocycles. The van der Waals surface area contributed by atoms with Gasteiger partial charge in [-0.15, -0.1) is 10.2 Å². The van der Waals surface area contributed by atoms with Crippen LogP contribution in [0.3, 0.4) is 0 Å². The number of carbonyl (C=O) groups is 1. The first-order valence-corrected chi connectivity index (χ1v) is 7.54. The molecule has 110 valence electrons. The Morgan fingerprint density at radius 2 is 2.15 bits per heavy atom. The van der Waals surface area contributed by atoms with E-state index in [1.54, 1.807) is 6.33 Å². The number of rotatable bonds is 5. The largest absolute Gasteiger partial charge is 0.389 e. The van der Waals surface area contributed by atoms with E-state index in [4.69, 9.17) is 0 Å². The molecular formula is C14H22N4O2. The average Bonchev–Trinajstić information content (AvgIpc) is 3.15. The highest BCUT2D eigenvalue weighted by Gasteiger charge is 2.32. The fourth-order valence-electron chi connectivity index (χ4n) is 2.98. The second kappa shape index (κ2) is 5.52. The van der Waals surface area contributed by atoms with Gasteiger partial charge in [0.15, 0.2) is 5.82 Å². The van der Waals surface area contributed by atoms with Crippen LogP contribution in [0, 0.1) is 0 Å². The number of nitrogens with zero attached hydrogens (tertiary/aromatic N) is 3. The molecular weight excluding hydrogens is 256 g/mol. The van der Waals surface area contributed by atoms with Gasteiger partial charge in [0.25, 0.3) is 0 Å². The number of nitrogens with one attached hydrogen (secondary N) is 1. The Balaban J connectivity index is 1.50. The quantitative estimate of drug-likeness (QED) is 0.851. The fourth-order valence-corrected chi connectivity index (χ4v) is 2.98. The van der Waals surface area contributed by atoms with Gasteiger partial charge in [0.05, 0.1) is 18.6 Å². The lowest BCUT2D eigenvalue weighted by molar-refractivity contribution is -0.127. The van der Waals surface area contributed by atoms with Crippen molar-refractivity contribution in [3.8, 4) is 0 Å². The van der Waals surface area contributed by atoms with Crippen molar-refractivity contribution in [1.82, 2.24) is 20.1 Å². The van der Waals surface area contributed by atoms with Crippen LogP contribution < -0.4 is 5.32 Å². The molecule has 2 fully saturated rings. The molecule has 0 spiro atoms. The minimum absolute atomic E-state index is 0.0975. The van der Waals surface area contributed by atoms with Crippen LogP contribution in [0.15, 0.2) is 6.33 Å². The number of carbonyl (C=O) groups excluding carboxylic acids is 1. The zero-order valence-corrected chi connectivity index (χ0v) is 11.7. The summed E-state index contributed by atoms with van der Waals surface area (Å²) in [7, 11) is 0. The molecule has 0 aliphatic heterocycles. The molecule has 20 heavy (non-hydrogen) atoms. The first kappa shape index (κ1) is 13.5. The monoisotopic (exact) mass is 278 g/mol. The predicted octanol–water partition coefficient (Wildman–Crippen LogP) is 1.31. The van der Waals surface area contributed by atoms with E-state index in [0.717, 1.165) is 37.9 Å². The smallest absolute Gasteiger partial charge is 0.223 e. The summed E-state index contributed by atoms with van der Waals surface area (Å²) in [6, 6.07) is 0.513. The third-order valence-corrected chi connectivity index (χ3v) is 4.31. The molecule has 1 amide bonds. The summed E-state index contributed by atoms with van der Waals surface area (Å²) >= 11 is 0. The van der Waals surface area contributed by atoms with Crippen molar-refractivity contribution in [1.29, 1.82) is 0 Å². The molecule has 3 rings (SSSR count). The summed E-state index contributed by atoms with van der Waals surface area (Å²) in [5, 5.41) is 21.2. The molecule has 0 atom stereocenters. The fraction of sp³-hybridized carbons (Fsp3) is 0.786. The molecule has 1 aromatic rings. The number of amides is 1. The topological polar surface area (TPSA) is 80.0 Å². The van der Waals surface area contributed by atoms with Crippen molar-refractivity contribution in [3.05, 3.63) is 12.2 Å². The molecule has 2 aliphatic rings. The van der Waals surface area contributed by atoms with Crippen LogP contribution in [-0.2, 0) is 11.3 Å². The van der Waals surface area contributed by atoms with Crippen LogP contribution in [0.2, 0.25) is 0 Å².